The van der Waals surface area contributed by atoms with E-state index in [0.29, 0.717) is 28.3 Å². The number of rotatable bonds is 5. The molecular formula is C27H23N3O5S. The maximum Gasteiger partial charge on any atom is 0.265 e. The Morgan fingerprint density at radius 3 is 2.44 bits per heavy atom. The van der Waals surface area contributed by atoms with Gasteiger partial charge in [0.1, 0.15) is 28.0 Å². The molecule has 36 heavy (non-hydrogen) atoms. The van der Waals surface area contributed by atoms with Gasteiger partial charge in [0.25, 0.3) is 10.0 Å². The maximum atomic E-state index is 14.4. The molecule has 5 rings (SSSR count). The molecular weight excluding hydrogens is 478 g/mol. The van der Waals surface area contributed by atoms with Crippen LogP contribution < -0.4 is 19.5 Å². The summed E-state index contributed by atoms with van der Waals surface area (Å²) >= 11 is 0. The Kier molecular flexibility index (Phi) is 5.82. The van der Waals surface area contributed by atoms with Crippen molar-refractivity contribution in [3.63, 3.8) is 0 Å². The molecule has 2 N–H and O–H groups in total. The molecule has 3 aromatic carbocycles. The molecule has 0 saturated carbocycles. The zero-order valence-electron chi connectivity index (χ0n) is 19.6. The number of hydrogen-bond acceptors (Lipinski definition) is 7. The second kappa shape index (κ2) is 8.98. The van der Waals surface area contributed by atoms with Crippen molar-refractivity contribution < 1.29 is 22.6 Å². The lowest BCUT2D eigenvalue weighted by Crippen LogP contribution is -2.39. The standard InChI is InChI=1S/C27H23N3O5S/c1-33-18-12-13-23(34-2)20(14-18)24-21(15-28)27(29)35-25-19-10-6-7-11-22(19)30(36(31,32)26(24)25)16-17-8-4-3-5-9-17/h3-14,24H,16,29H2,1-2H3. The van der Waals surface area contributed by atoms with Crippen LogP contribution in [0.4, 0.5) is 5.69 Å². The lowest BCUT2D eigenvalue weighted by Gasteiger charge is -2.38. The third-order valence-corrected chi connectivity index (χ3v) is 8.16. The van der Waals surface area contributed by atoms with Gasteiger partial charge < -0.3 is 19.9 Å². The summed E-state index contributed by atoms with van der Waals surface area (Å²) in [5.41, 5.74) is 8.44. The highest BCUT2D eigenvalue weighted by Crippen LogP contribution is 2.53. The van der Waals surface area contributed by atoms with E-state index in [4.69, 9.17) is 19.9 Å². The van der Waals surface area contributed by atoms with Gasteiger partial charge >= 0.3 is 0 Å². The third-order valence-electron chi connectivity index (χ3n) is 6.27. The van der Waals surface area contributed by atoms with Gasteiger partial charge in [0.15, 0.2) is 5.76 Å². The molecule has 0 bridgehead atoms. The van der Waals surface area contributed by atoms with E-state index in [0.717, 1.165) is 5.56 Å². The molecule has 0 saturated heterocycles. The molecule has 1 atom stereocenters. The Balaban J connectivity index is 1.80. The Bertz CT molecular complexity index is 1560. The number of nitrogens with zero attached hydrogens (tertiary/aromatic N) is 2. The fraction of sp³-hybridized carbons (Fsp3) is 0.148. The van der Waals surface area contributed by atoms with Crippen LogP contribution in [0.25, 0.3) is 5.76 Å². The van der Waals surface area contributed by atoms with Crippen LogP contribution in [0.2, 0.25) is 0 Å². The largest absolute Gasteiger partial charge is 0.497 e. The number of ether oxygens (including phenoxy) is 3. The number of nitrogens with two attached hydrogens (primary N) is 1. The summed E-state index contributed by atoms with van der Waals surface area (Å²) < 4.78 is 46.9. The van der Waals surface area contributed by atoms with Gasteiger partial charge in [0.05, 0.1) is 32.4 Å². The van der Waals surface area contributed by atoms with E-state index in [2.05, 4.69) is 6.07 Å². The van der Waals surface area contributed by atoms with E-state index in [9.17, 15) is 13.7 Å². The Hall–Kier alpha value is -4.42. The highest BCUT2D eigenvalue weighted by atomic mass is 32.2. The van der Waals surface area contributed by atoms with E-state index >= 15 is 0 Å². The van der Waals surface area contributed by atoms with Gasteiger partial charge in [-0.1, -0.05) is 42.5 Å². The SMILES string of the molecule is COc1ccc(OC)c(C2C(C#N)=C(N)OC3=C2S(=O)(=O)N(Cc2ccccc2)c2ccccc23)c1. The molecule has 2 aliphatic rings. The predicted octanol–water partition coefficient (Wildman–Crippen LogP) is 4.23. The Morgan fingerprint density at radius 1 is 1.03 bits per heavy atom. The molecule has 0 radical (unpaired) electrons. The van der Waals surface area contributed by atoms with Gasteiger partial charge in [-0.3, -0.25) is 4.31 Å². The smallest absolute Gasteiger partial charge is 0.265 e. The summed E-state index contributed by atoms with van der Waals surface area (Å²) in [5.74, 6) is -0.266. The maximum absolute atomic E-state index is 14.4. The van der Waals surface area contributed by atoms with Gasteiger partial charge in [0.2, 0.25) is 5.88 Å². The lowest BCUT2D eigenvalue weighted by molar-refractivity contribution is 0.355. The molecule has 0 aliphatic carbocycles. The zero-order chi connectivity index (χ0) is 25.4. The van der Waals surface area contributed by atoms with Gasteiger partial charge in [-0.2, -0.15) is 5.26 Å². The van der Waals surface area contributed by atoms with E-state index in [1.807, 2.05) is 30.3 Å². The molecule has 9 heteroatoms. The summed E-state index contributed by atoms with van der Waals surface area (Å²) in [6.07, 6.45) is 0. The highest BCUT2D eigenvalue weighted by molar-refractivity contribution is 7.96. The first-order valence-corrected chi connectivity index (χ1v) is 12.5. The van der Waals surface area contributed by atoms with Crippen molar-refractivity contribution >= 4 is 21.5 Å². The van der Waals surface area contributed by atoms with Gasteiger partial charge in [-0.25, -0.2) is 8.42 Å². The van der Waals surface area contributed by atoms with Gasteiger partial charge in [-0.15, -0.1) is 0 Å². The number of fused-ring (bicyclic) bond motifs is 2. The molecule has 0 aromatic heterocycles. The highest BCUT2D eigenvalue weighted by Gasteiger charge is 2.48. The van der Waals surface area contributed by atoms with Crippen molar-refractivity contribution in [1.29, 1.82) is 5.26 Å². The molecule has 1 unspecified atom stereocenters. The van der Waals surface area contributed by atoms with Crippen molar-refractivity contribution in [2.45, 2.75) is 12.5 Å². The van der Waals surface area contributed by atoms with Crippen molar-refractivity contribution in [1.82, 2.24) is 0 Å². The first-order chi connectivity index (χ1) is 17.4. The molecule has 182 valence electrons. The summed E-state index contributed by atoms with van der Waals surface area (Å²) in [7, 11) is -1.21. The number of benzene rings is 3. The fourth-order valence-corrected chi connectivity index (χ4v) is 6.51. The molecule has 8 nitrogen and oxygen atoms in total. The molecule has 2 aliphatic heterocycles. The average molecular weight is 502 g/mol. The average Bonchev–Trinajstić information content (AvgIpc) is 2.90. The summed E-state index contributed by atoms with van der Waals surface area (Å²) in [5, 5.41) is 10.1. The predicted molar refractivity (Wildman–Crippen MR) is 135 cm³/mol. The number of allylic oxidation sites excluding steroid dienone is 2. The normalized spacial score (nSPS) is 18.0. The molecule has 0 fully saturated rings. The second-order valence-electron chi connectivity index (χ2n) is 8.24. The first kappa shape index (κ1) is 23.3. The lowest BCUT2D eigenvalue weighted by atomic mass is 9.87. The van der Waals surface area contributed by atoms with Crippen LogP contribution in [-0.2, 0) is 21.3 Å². The van der Waals surface area contributed by atoms with Crippen LogP contribution in [-0.4, -0.2) is 22.6 Å². The van der Waals surface area contributed by atoms with Crippen LogP contribution in [0.1, 0.15) is 22.6 Å². The quantitative estimate of drug-likeness (QED) is 0.556. The van der Waals surface area contributed by atoms with E-state index in [-0.39, 0.29) is 28.7 Å². The molecule has 0 spiro atoms. The van der Waals surface area contributed by atoms with Crippen molar-refractivity contribution in [3.05, 3.63) is 106 Å². The Labute approximate surface area is 209 Å². The molecule has 2 heterocycles. The number of nitriles is 1. The number of methoxy groups -OCH3 is 2. The second-order valence-corrected chi connectivity index (χ2v) is 10.1. The zero-order valence-corrected chi connectivity index (χ0v) is 20.5. The third kappa shape index (κ3) is 3.63. The molecule has 0 amide bonds. The number of hydrogen-bond donors (Lipinski definition) is 1. The minimum absolute atomic E-state index is 0.0251. The number of para-hydroxylation sites is 1. The fourth-order valence-electron chi connectivity index (χ4n) is 4.61. The monoisotopic (exact) mass is 501 g/mol. The molecule has 3 aromatic rings. The van der Waals surface area contributed by atoms with Crippen LogP contribution in [0.5, 0.6) is 11.5 Å². The summed E-state index contributed by atoms with van der Waals surface area (Å²) in [4.78, 5) is -0.0746. The van der Waals surface area contributed by atoms with Crippen LogP contribution in [0.3, 0.4) is 0 Å². The van der Waals surface area contributed by atoms with Crippen LogP contribution in [0.15, 0.2) is 89.2 Å². The van der Waals surface area contributed by atoms with E-state index < -0.39 is 15.9 Å². The minimum Gasteiger partial charge on any atom is -0.497 e. The van der Waals surface area contributed by atoms with E-state index in [1.165, 1.54) is 18.5 Å². The summed E-state index contributed by atoms with van der Waals surface area (Å²) in [6, 6.07) is 23.5. The van der Waals surface area contributed by atoms with Crippen molar-refractivity contribution in [3.8, 4) is 17.6 Å². The first-order valence-electron chi connectivity index (χ1n) is 11.1. The van der Waals surface area contributed by atoms with E-state index in [1.54, 1.807) is 42.5 Å². The summed E-state index contributed by atoms with van der Waals surface area (Å²) in [6.45, 7) is 0.0972. The van der Waals surface area contributed by atoms with Crippen molar-refractivity contribution in [2.24, 2.45) is 5.73 Å². The topological polar surface area (TPSA) is 115 Å². The number of anilines is 1. The Morgan fingerprint density at radius 2 is 1.75 bits per heavy atom. The van der Waals surface area contributed by atoms with Gasteiger partial charge in [0, 0.05) is 11.1 Å². The van der Waals surface area contributed by atoms with Crippen molar-refractivity contribution in [2.75, 3.05) is 18.5 Å². The minimum atomic E-state index is -4.19. The van der Waals surface area contributed by atoms with Crippen LogP contribution >= 0.6 is 0 Å². The van der Waals surface area contributed by atoms with Gasteiger partial charge in [-0.05, 0) is 35.9 Å². The number of sulfonamides is 1. The van der Waals surface area contributed by atoms with Crippen LogP contribution in [0, 0.1) is 11.3 Å².